The maximum Gasteiger partial charge on any atom is 0.298 e. The van der Waals surface area contributed by atoms with Crippen molar-refractivity contribution in [3.8, 4) is 0 Å². The second kappa shape index (κ2) is 17.3. The van der Waals surface area contributed by atoms with Crippen LogP contribution in [0.2, 0.25) is 0 Å². The van der Waals surface area contributed by atoms with Crippen LogP contribution in [-0.2, 0) is 0 Å². The molecule has 0 aliphatic carbocycles. The third-order valence-corrected chi connectivity index (χ3v) is 6.78. The fraction of sp³-hybridized carbons (Fsp3) is 0.889. The molecule has 0 bridgehead atoms. The molecule has 0 aromatic heterocycles. The summed E-state index contributed by atoms with van der Waals surface area (Å²) in [7, 11) is 0. The van der Waals surface area contributed by atoms with Gasteiger partial charge in [0.25, 0.3) is 6.23 Å². The molecule has 0 saturated carbocycles. The molecule has 1 heterocycles. The third-order valence-electron chi connectivity index (χ3n) is 6.78. The number of aliphatic hydroxyl groups is 1. The van der Waals surface area contributed by atoms with Gasteiger partial charge < -0.3 is 16.2 Å². The monoisotopic (exact) mass is 449 g/mol. The summed E-state index contributed by atoms with van der Waals surface area (Å²) in [5.41, 5.74) is 9.43. The van der Waals surface area contributed by atoms with Gasteiger partial charge in [0.2, 0.25) is 6.04 Å². The van der Waals surface area contributed by atoms with E-state index in [4.69, 9.17) is 5.73 Å². The van der Waals surface area contributed by atoms with Crippen molar-refractivity contribution in [1.82, 2.24) is 5.32 Å². The molecule has 0 fully saturated rings. The van der Waals surface area contributed by atoms with Crippen LogP contribution in [0.4, 0.5) is 0 Å². The minimum Gasteiger partial charge on any atom is -0.390 e. The first-order valence-electron chi connectivity index (χ1n) is 13.5. The quantitative estimate of drug-likeness (QED) is 0.124. The predicted octanol–water partition coefficient (Wildman–Crippen LogP) is 6.26. The summed E-state index contributed by atoms with van der Waals surface area (Å²) in [6, 6.07) is -0.204. The normalized spacial score (nSPS) is 21.6. The lowest BCUT2D eigenvalue weighted by Crippen LogP contribution is -2.49. The van der Waals surface area contributed by atoms with Gasteiger partial charge in [0.05, 0.1) is 0 Å². The van der Waals surface area contributed by atoms with Gasteiger partial charge in [0.1, 0.15) is 17.8 Å². The highest BCUT2D eigenvalue weighted by Gasteiger charge is 2.47. The summed E-state index contributed by atoms with van der Waals surface area (Å²) in [4.78, 5) is 0. The number of unbranched alkanes of at least 4 members (excludes halogenated alkanes) is 13. The van der Waals surface area contributed by atoms with Gasteiger partial charge in [-0.2, -0.15) is 0 Å². The number of azo groups is 2. The number of nitrogens with two attached hydrogens (primary N) is 1. The molecule has 0 radical (unpaired) electrons. The van der Waals surface area contributed by atoms with Crippen LogP contribution in [0, 0.1) is 5.92 Å². The third kappa shape index (κ3) is 10.6. The molecule has 32 heavy (non-hydrogen) atoms. The molecule has 1 rings (SSSR count). The Kier molecular flexibility index (Phi) is 15.6. The SMILES string of the molecule is C=C=C(N)C(C(C)C)[N+]1=NC(C)C(NCCCCCCCCCCCCCCCC)C1O. The molecule has 1 aliphatic heterocycles. The highest BCUT2D eigenvalue weighted by molar-refractivity contribution is 5.02. The first kappa shape index (κ1) is 28.9. The molecule has 186 valence electrons. The molecule has 0 aromatic carbocycles. The van der Waals surface area contributed by atoms with Crippen LogP contribution < -0.4 is 11.1 Å². The second-order valence-electron chi connectivity index (χ2n) is 10.0. The largest absolute Gasteiger partial charge is 0.390 e. The van der Waals surface area contributed by atoms with Crippen molar-refractivity contribution >= 4 is 0 Å². The van der Waals surface area contributed by atoms with E-state index in [2.05, 4.69) is 50.4 Å². The van der Waals surface area contributed by atoms with E-state index in [9.17, 15) is 5.11 Å². The molecule has 4 atom stereocenters. The van der Waals surface area contributed by atoms with E-state index >= 15 is 0 Å². The summed E-state index contributed by atoms with van der Waals surface area (Å²) in [5, 5.41) is 19.1. The van der Waals surface area contributed by atoms with Gasteiger partial charge in [0, 0.05) is 5.92 Å². The predicted molar refractivity (Wildman–Crippen MR) is 136 cm³/mol. The Bertz CT molecular complexity index is 568. The lowest BCUT2D eigenvalue weighted by atomic mass is 10.0. The van der Waals surface area contributed by atoms with Crippen LogP contribution in [0.3, 0.4) is 0 Å². The van der Waals surface area contributed by atoms with Gasteiger partial charge >= 0.3 is 0 Å². The van der Waals surface area contributed by atoms with E-state index < -0.39 is 6.23 Å². The van der Waals surface area contributed by atoms with E-state index in [0.717, 1.165) is 13.0 Å². The number of hydrogen-bond donors (Lipinski definition) is 3. The molecular formula is C27H53N4O+. The molecule has 0 saturated heterocycles. The van der Waals surface area contributed by atoms with E-state index in [-0.39, 0.29) is 24.0 Å². The van der Waals surface area contributed by atoms with Gasteiger partial charge in [-0.05, 0) is 25.0 Å². The molecule has 0 amide bonds. The van der Waals surface area contributed by atoms with Crippen LogP contribution >= 0.6 is 0 Å². The standard InChI is InChI=1S/C27H53N4O/c1-6-8-9-10-11-12-13-14-15-16-17-18-19-20-21-29-25-23(5)30-31(27(25)32)26(22(3)4)24(28)7-2/h22-23,25-27,29,32H,2,6,8-21,28H2,1,3-5H3/q+1. The summed E-state index contributed by atoms with van der Waals surface area (Å²) < 4.78 is 1.76. The average Bonchev–Trinajstić information content (AvgIpc) is 3.03. The summed E-state index contributed by atoms with van der Waals surface area (Å²) >= 11 is 0. The Balaban J connectivity index is 2.10. The van der Waals surface area contributed by atoms with E-state index in [1.165, 1.54) is 83.5 Å². The van der Waals surface area contributed by atoms with Crippen molar-refractivity contribution in [3.63, 3.8) is 0 Å². The number of nitrogens with one attached hydrogen (secondary N) is 1. The molecule has 0 spiro atoms. The number of rotatable bonds is 19. The number of aliphatic hydroxyl groups excluding tert-OH is 1. The van der Waals surface area contributed by atoms with Crippen LogP contribution in [0.25, 0.3) is 0 Å². The second-order valence-corrected chi connectivity index (χ2v) is 10.0. The Morgan fingerprint density at radius 1 is 0.969 bits per heavy atom. The van der Waals surface area contributed by atoms with Crippen molar-refractivity contribution in [1.29, 1.82) is 0 Å². The summed E-state index contributed by atoms with van der Waals surface area (Å²) in [6.45, 7) is 13.1. The molecular weight excluding hydrogens is 396 g/mol. The maximum absolute atomic E-state index is 10.9. The van der Waals surface area contributed by atoms with Crippen molar-refractivity contribution in [3.05, 3.63) is 18.0 Å². The Hall–Kier alpha value is -1.16. The van der Waals surface area contributed by atoms with Gasteiger partial charge in [0.15, 0.2) is 0 Å². The molecule has 5 nitrogen and oxygen atoms in total. The molecule has 5 heteroatoms. The van der Waals surface area contributed by atoms with Crippen LogP contribution in [0.15, 0.2) is 23.1 Å². The van der Waals surface area contributed by atoms with Crippen molar-refractivity contribution < 1.29 is 9.80 Å². The summed E-state index contributed by atoms with van der Waals surface area (Å²) in [5.74, 6) is 0.222. The minimum atomic E-state index is -0.670. The lowest BCUT2D eigenvalue weighted by Gasteiger charge is -2.19. The average molecular weight is 450 g/mol. The smallest absolute Gasteiger partial charge is 0.298 e. The van der Waals surface area contributed by atoms with E-state index in [1.54, 1.807) is 4.70 Å². The van der Waals surface area contributed by atoms with Crippen LogP contribution in [-0.4, -0.2) is 40.7 Å². The topological polar surface area (TPSA) is 73.7 Å². The molecule has 4 N–H and O–H groups in total. The van der Waals surface area contributed by atoms with Crippen molar-refractivity contribution in [2.45, 2.75) is 142 Å². The molecule has 1 aliphatic rings. The first-order chi connectivity index (χ1) is 15.4. The zero-order chi connectivity index (χ0) is 23.8. The number of hydrogen-bond acceptors (Lipinski definition) is 4. The first-order valence-corrected chi connectivity index (χ1v) is 13.5. The van der Waals surface area contributed by atoms with Gasteiger partial charge in [-0.15, -0.1) is 5.73 Å². The zero-order valence-corrected chi connectivity index (χ0v) is 21.6. The van der Waals surface area contributed by atoms with Gasteiger partial charge in [-0.1, -0.05) is 116 Å². The Morgan fingerprint density at radius 2 is 1.44 bits per heavy atom. The van der Waals surface area contributed by atoms with Crippen molar-refractivity contribution in [2.24, 2.45) is 16.8 Å². The van der Waals surface area contributed by atoms with E-state index in [0.29, 0.717) is 5.70 Å². The lowest BCUT2D eigenvalue weighted by molar-refractivity contribution is -0.681. The summed E-state index contributed by atoms with van der Waals surface area (Å²) in [6.07, 6.45) is 18.5. The minimum absolute atomic E-state index is 0.0236. The Morgan fingerprint density at radius 3 is 1.88 bits per heavy atom. The molecule has 4 unspecified atom stereocenters. The highest BCUT2D eigenvalue weighted by atomic mass is 16.3. The van der Waals surface area contributed by atoms with Crippen LogP contribution in [0.5, 0.6) is 0 Å². The molecule has 0 aromatic rings. The Labute approximate surface area is 198 Å². The number of nitrogens with zero attached hydrogens (tertiary/aromatic N) is 2. The van der Waals surface area contributed by atoms with Crippen molar-refractivity contribution in [2.75, 3.05) is 6.54 Å². The van der Waals surface area contributed by atoms with E-state index in [1.807, 2.05) is 0 Å². The fourth-order valence-corrected chi connectivity index (χ4v) is 4.78. The maximum atomic E-state index is 10.9. The van der Waals surface area contributed by atoms with Crippen LogP contribution in [0.1, 0.15) is 118 Å². The zero-order valence-electron chi connectivity index (χ0n) is 21.6. The highest BCUT2D eigenvalue weighted by Crippen LogP contribution is 2.23. The van der Waals surface area contributed by atoms with Gasteiger partial charge in [-0.25, -0.2) is 0 Å². The van der Waals surface area contributed by atoms with Gasteiger partial charge in [-0.3, -0.25) is 0 Å². The fourth-order valence-electron chi connectivity index (χ4n) is 4.78.